The first-order valence-electron chi connectivity index (χ1n) is 2.60. The maximum Gasteiger partial charge on any atom is 0.207 e. The van der Waals surface area contributed by atoms with E-state index in [1.165, 1.54) is 0 Å². The molecule has 1 unspecified atom stereocenters. The molecule has 0 heterocycles. The van der Waals surface area contributed by atoms with Crippen LogP contribution in [0.3, 0.4) is 0 Å². The summed E-state index contributed by atoms with van der Waals surface area (Å²) in [7, 11) is 0. The van der Waals surface area contributed by atoms with Gasteiger partial charge < -0.3 is 5.32 Å². The average molecular weight is 136 g/mol. The summed E-state index contributed by atoms with van der Waals surface area (Å²) in [6.07, 6.45) is 1.57. The van der Waals surface area contributed by atoms with Gasteiger partial charge >= 0.3 is 0 Å². The van der Waals surface area contributed by atoms with Crippen molar-refractivity contribution in [3.63, 3.8) is 0 Å². The Bertz CT molecular complexity index is 63.4. The second-order valence-corrected chi connectivity index (χ2v) is 1.85. The van der Waals surface area contributed by atoms with Crippen molar-refractivity contribution in [2.75, 3.05) is 5.88 Å². The summed E-state index contributed by atoms with van der Waals surface area (Å²) in [5.74, 6) is 0.495. The first-order valence-corrected chi connectivity index (χ1v) is 3.14. The van der Waals surface area contributed by atoms with Gasteiger partial charge in [0.1, 0.15) is 0 Å². The second kappa shape index (κ2) is 4.91. The Kier molecular flexibility index (Phi) is 4.76. The smallest absolute Gasteiger partial charge is 0.207 e. The van der Waals surface area contributed by atoms with Crippen molar-refractivity contribution >= 4 is 18.0 Å². The number of carbonyl (C=O) groups is 1. The molecule has 0 aromatic carbocycles. The third kappa shape index (κ3) is 2.86. The lowest BCUT2D eigenvalue weighted by atomic mass is 10.3. The Balaban J connectivity index is 3.20. The highest BCUT2D eigenvalue weighted by molar-refractivity contribution is 6.18. The van der Waals surface area contributed by atoms with Crippen molar-refractivity contribution < 1.29 is 4.79 Å². The van der Waals surface area contributed by atoms with Crippen LogP contribution in [0.25, 0.3) is 0 Å². The van der Waals surface area contributed by atoms with E-state index in [1.807, 2.05) is 6.92 Å². The molecule has 0 radical (unpaired) electrons. The molecular formula is C5H10ClNO. The molecule has 1 atom stereocenters. The van der Waals surface area contributed by atoms with Gasteiger partial charge in [-0.2, -0.15) is 0 Å². The van der Waals surface area contributed by atoms with Gasteiger partial charge in [-0.1, -0.05) is 6.92 Å². The predicted octanol–water partition coefficient (Wildman–Crippen LogP) is 0.750. The predicted molar refractivity (Wildman–Crippen MR) is 34.0 cm³/mol. The molecule has 0 saturated carbocycles. The zero-order valence-electron chi connectivity index (χ0n) is 4.86. The topological polar surface area (TPSA) is 29.1 Å². The fourth-order valence-electron chi connectivity index (χ4n) is 0.368. The number of amides is 1. The van der Waals surface area contributed by atoms with Crippen LogP contribution in [0.1, 0.15) is 13.3 Å². The molecule has 0 bridgehead atoms. The molecular weight excluding hydrogens is 126 g/mol. The van der Waals surface area contributed by atoms with E-state index in [-0.39, 0.29) is 6.04 Å². The maximum atomic E-state index is 9.76. The minimum atomic E-state index is 0.147. The molecule has 2 nitrogen and oxygen atoms in total. The van der Waals surface area contributed by atoms with Crippen LogP contribution >= 0.6 is 11.6 Å². The summed E-state index contributed by atoms with van der Waals surface area (Å²) in [5, 5.41) is 2.57. The molecule has 0 saturated heterocycles. The normalized spacial score (nSPS) is 12.8. The number of hydrogen-bond acceptors (Lipinski definition) is 1. The van der Waals surface area contributed by atoms with E-state index < -0.39 is 0 Å². The zero-order chi connectivity index (χ0) is 6.41. The van der Waals surface area contributed by atoms with Crippen LogP contribution in [-0.2, 0) is 4.79 Å². The van der Waals surface area contributed by atoms with E-state index in [0.29, 0.717) is 12.3 Å². The van der Waals surface area contributed by atoms with Crippen molar-refractivity contribution in [3.05, 3.63) is 0 Å². The van der Waals surface area contributed by atoms with Gasteiger partial charge in [0.05, 0.1) is 0 Å². The Hall–Kier alpha value is -0.240. The van der Waals surface area contributed by atoms with Gasteiger partial charge in [0.25, 0.3) is 0 Å². The summed E-state index contributed by atoms with van der Waals surface area (Å²) >= 11 is 5.43. The van der Waals surface area contributed by atoms with Crippen molar-refractivity contribution in [2.24, 2.45) is 0 Å². The standard InChI is InChI=1S/C5H10ClNO/c1-2-5(3-6)7-4-8/h4-5H,2-3H2,1H3,(H,7,8). The monoisotopic (exact) mass is 135 g/mol. The fourth-order valence-corrected chi connectivity index (χ4v) is 0.675. The van der Waals surface area contributed by atoms with Crippen molar-refractivity contribution in [1.82, 2.24) is 5.32 Å². The molecule has 0 aromatic rings. The lowest BCUT2D eigenvalue weighted by Crippen LogP contribution is -2.28. The first-order chi connectivity index (χ1) is 3.85. The molecule has 0 aliphatic carbocycles. The van der Waals surface area contributed by atoms with Gasteiger partial charge in [-0.05, 0) is 6.42 Å². The molecule has 1 amide bonds. The molecule has 1 N–H and O–H groups in total. The van der Waals surface area contributed by atoms with Gasteiger partial charge in [-0.3, -0.25) is 4.79 Å². The second-order valence-electron chi connectivity index (χ2n) is 1.54. The third-order valence-electron chi connectivity index (χ3n) is 0.983. The van der Waals surface area contributed by atoms with E-state index in [1.54, 1.807) is 0 Å². The molecule has 48 valence electrons. The molecule has 0 fully saturated rings. The van der Waals surface area contributed by atoms with E-state index in [2.05, 4.69) is 5.32 Å². The first kappa shape index (κ1) is 7.76. The third-order valence-corrected chi connectivity index (χ3v) is 1.36. The number of nitrogens with one attached hydrogen (secondary N) is 1. The molecule has 0 rings (SSSR count). The Morgan fingerprint density at radius 2 is 2.50 bits per heavy atom. The van der Waals surface area contributed by atoms with E-state index in [4.69, 9.17) is 11.6 Å². The summed E-state index contributed by atoms with van der Waals surface area (Å²) in [4.78, 5) is 9.76. The van der Waals surface area contributed by atoms with Crippen LogP contribution in [0, 0.1) is 0 Å². The summed E-state index contributed by atoms with van der Waals surface area (Å²) < 4.78 is 0. The lowest BCUT2D eigenvalue weighted by molar-refractivity contribution is -0.110. The zero-order valence-corrected chi connectivity index (χ0v) is 5.61. The van der Waals surface area contributed by atoms with E-state index >= 15 is 0 Å². The average Bonchev–Trinajstić information content (AvgIpc) is 1.83. The molecule has 0 spiro atoms. The molecule has 0 aliphatic heterocycles. The van der Waals surface area contributed by atoms with Crippen molar-refractivity contribution in [3.8, 4) is 0 Å². The molecule has 0 aromatic heterocycles. The van der Waals surface area contributed by atoms with Crippen molar-refractivity contribution in [2.45, 2.75) is 19.4 Å². The van der Waals surface area contributed by atoms with Gasteiger partial charge in [0.2, 0.25) is 6.41 Å². The fraction of sp³-hybridized carbons (Fsp3) is 0.800. The highest BCUT2D eigenvalue weighted by atomic mass is 35.5. The lowest BCUT2D eigenvalue weighted by Gasteiger charge is -2.06. The maximum absolute atomic E-state index is 9.76. The molecule has 3 heteroatoms. The van der Waals surface area contributed by atoms with E-state index in [9.17, 15) is 4.79 Å². The SMILES string of the molecule is CCC(CCl)NC=O. The van der Waals surface area contributed by atoms with Crippen LogP contribution in [-0.4, -0.2) is 18.3 Å². The van der Waals surface area contributed by atoms with Crippen LogP contribution in [0.5, 0.6) is 0 Å². The van der Waals surface area contributed by atoms with E-state index in [0.717, 1.165) is 6.42 Å². The highest BCUT2D eigenvalue weighted by Crippen LogP contribution is 1.90. The van der Waals surface area contributed by atoms with Crippen LogP contribution in [0.2, 0.25) is 0 Å². The molecule has 8 heavy (non-hydrogen) atoms. The van der Waals surface area contributed by atoms with Crippen LogP contribution < -0.4 is 5.32 Å². The van der Waals surface area contributed by atoms with Gasteiger partial charge in [0.15, 0.2) is 0 Å². The van der Waals surface area contributed by atoms with Crippen LogP contribution in [0.15, 0.2) is 0 Å². The minimum absolute atomic E-state index is 0.147. The number of hydrogen-bond donors (Lipinski definition) is 1. The Morgan fingerprint density at radius 3 is 2.62 bits per heavy atom. The Labute approximate surface area is 54.2 Å². The summed E-state index contributed by atoms with van der Waals surface area (Å²) in [6, 6.07) is 0.147. The van der Waals surface area contributed by atoms with Gasteiger partial charge in [0, 0.05) is 11.9 Å². The number of halogens is 1. The number of rotatable bonds is 4. The number of alkyl halides is 1. The quantitative estimate of drug-likeness (QED) is 0.447. The van der Waals surface area contributed by atoms with Crippen molar-refractivity contribution in [1.29, 1.82) is 0 Å². The highest BCUT2D eigenvalue weighted by Gasteiger charge is 1.98. The van der Waals surface area contributed by atoms with Gasteiger partial charge in [-0.15, -0.1) is 11.6 Å². The van der Waals surface area contributed by atoms with Crippen LogP contribution in [0.4, 0.5) is 0 Å². The summed E-state index contributed by atoms with van der Waals surface area (Å²) in [6.45, 7) is 1.98. The Morgan fingerprint density at radius 1 is 1.88 bits per heavy atom. The largest absolute Gasteiger partial charge is 0.355 e. The van der Waals surface area contributed by atoms with Gasteiger partial charge in [-0.25, -0.2) is 0 Å². The number of carbonyl (C=O) groups excluding carboxylic acids is 1. The molecule has 0 aliphatic rings. The summed E-state index contributed by atoms with van der Waals surface area (Å²) in [5.41, 5.74) is 0. The minimum Gasteiger partial charge on any atom is -0.355 e.